The molecule has 2 amide bonds. The van der Waals surface area contributed by atoms with Gasteiger partial charge in [0.05, 0.1) is 13.2 Å². The molecule has 0 bridgehead atoms. The molecule has 0 saturated carbocycles. The summed E-state index contributed by atoms with van der Waals surface area (Å²) in [6, 6.07) is 2.57. The normalized spacial score (nSPS) is 11.6. The van der Waals surface area contributed by atoms with E-state index in [0.29, 0.717) is 19.4 Å². The Hall–Kier alpha value is -2.18. The van der Waals surface area contributed by atoms with Gasteiger partial charge in [-0.25, -0.2) is 13.6 Å². The zero-order valence-electron chi connectivity index (χ0n) is 12.6. The lowest BCUT2D eigenvalue weighted by Gasteiger charge is -2.18. The predicted octanol–water partition coefficient (Wildman–Crippen LogP) is 2.67. The largest absolute Gasteiger partial charge is 0.453 e. The number of benzene rings is 1. The van der Waals surface area contributed by atoms with E-state index in [1.807, 2.05) is 0 Å². The molecular weight excluding hydrogens is 294 g/mol. The van der Waals surface area contributed by atoms with Crippen LogP contribution in [0.25, 0.3) is 0 Å². The van der Waals surface area contributed by atoms with Gasteiger partial charge < -0.3 is 15.4 Å². The Kier molecular flexibility index (Phi) is 7.28. The Morgan fingerprint density at radius 2 is 2.05 bits per heavy atom. The topological polar surface area (TPSA) is 67.4 Å². The van der Waals surface area contributed by atoms with E-state index in [2.05, 4.69) is 15.4 Å². The first kappa shape index (κ1) is 17.9. The molecule has 0 radical (unpaired) electrons. The lowest BCUT2D eigenvalue weighted by Crippen LogP contribution is -2.30. The predicted molar refractivity (Wildman–Crippen MR) is 77.2 cm³/mol. The van der Waals surface area contributed by atoms with Crippen LogP contribution in [0.2, 0.25) is 0 Å². The van der Waals surface area contributed by atoms with E-state index in [0.717, 1.165) is 18.2 Å². The van der Waals surface area contributed by atoms with Crippen LogP contribution in [0.15, 0.2) is 18.2 Å². The van der Waals surface area contributed by atoms with Crippen LogP contribution in [-0.2, 0) is 9.53 Å². The number of hydrogen-bond acceptors (Lipinski definition) is 3. The molecule has 0 fully saturated rings. The number of rotatable bonds is 7. The van der Waals surface area contributed by atoms with Crippen LogP contribution in [0.4, 0.5) is 13.6 Å². The van der Waals surface area contributed by atoms with E-state index < -0.39 is 23.8 Å². The van der Waals surface area contributed by atoms with Crippen LogP contribution in [-0.4, -0.2) is 25.7 Å². The average Bonchev–Trinajstić information content (AvgIpc) is 2.51. The maximum atomic E-state index is 13.7. The molecule has 0 aliphatic rings. The molecule has 2 N–H and O–H groups in total. The van der Waals surface area contributed by atoms with Gasteiger partial charge in [-0.1, -0.05) is 6.92 Å². The number of carbonyl (C=O) groups excluding carboxylic acids is 2. The number of methoxy groups -OCH3 is 1. The summed E-state index contributed by atoms with van der Waals surface area (Å²) in [4.78, 5) is 22.6. The minimum Gasteiger partial charge on any atom is -0.453 e. The van der Waals surface area contributed by atoms with E-state index in [4.69, 9.17) is 0 Å². The van der Waals surface area contributed by atoms with Gasteiger partial charge in [0.25, 0.3) is 0 Å². The SMILES string of the molecule is CC[C@@H](NC(=O)CCCNC(=O)OC)c1cc(F)ccc1F. The van der Waals surface area contributed by atoms with Gasteiger partial charge >= 0.3 is 6.09 Å². The Labute approximate surface area is 128 Å². The summed E-state index contributed by atoms with van der Waals surface area (Å²) in [5.74, 6) is -1.39. The highest BCUT2D eigenvalue weighted by Crippen LogP contribution is 2.21. The van der Waals surface area contributed by atoms with E-state index >= 15 is 0 Å². The summed E-state index contributed by atoms with van der Waals surface area (Å²) in [6.45, 7) is 2.07. The lowest BCUT2D eigenvalue weighted by molar-refractivity contribution is -0.122. The highest BCUT2D eigenvalue weighted by molar-refractivity contribution is 5.76. The fraction of sp³-hybridized carbons (Fsp3) is 0.467. The molecule has 5 nitrogen and oxygen atoms in total. The van der Waals surface area contributed by atoms with Gasteiger partial charge in [0.15, 0.2) is 0 Å². The van der Waals surface area contributed by atoms with Crippen LogP contribution >= 0.6 is 0 Å². The minimum atomic E-state index is -0.586. The summed E-state index contributed by atoms with van der Waals surface area (Å²) in [6.07, 6.45) is 0.459. The number of nitrogens with one attached hydrogen (secondary N) is 2. The minimum absolute atomic E-state index is 0.128. The number of ether oxygens (including phenoxy) is 1. The van der Waals surface area contributed by atoms with Crippen LogP contribution in [0.3, 0.4) is 0 Å². The van der Waals surface area contributed by atoms with Crippen molar-refractivity contribution in [3.8, 4) is 0 Å². The van der Waals surface area contributed by atoms with Crippen molar-refractivity contribution >= 4 is 12.0 Å². The number of carbonyl (C=O) groups is 2. The van der Waals surface area contributed by atoms with Crippen LogP contribution < -0.4 is 10.6 Å². The first-order valence-corrected chi connectivity index (χ1v) is 7.04. The van der Waals surface area contributed by atoms with Gasteiger partial charge in [0.2, 0.25) is 5.91 Å². The standard InChI is InChI=1S/C15H20F2N2O3/c1-3-13(11-9-10(16)6-7-12(11)17)19-14(20)5-4-8-18-15(21)22-2/h6-7,9,13H,3-5,8H2,1-2H3,(H,18,21)(H,19,20)/t13-/m1/s1. The van der Waals surface area contributed by atoms with Gasteiger partial charge in [0, 0.05) is 18.5 Å². The third-order valence-electron chi connectivity index (χ3n) is 3.11. The number of hydrogen-bond donors (Lipinski definition) is 2. The molecule has 0 saturated heterocycles. The van der Waals surface area contributed by atoms with Crippen molar-refractivity contribution in [2.45, 2.75) is 32.2 Å². The van der Waals surface area contributed by atoms with Crippen molar-refractivity contribution < 1.29 is 23.1 Å². The summed E-state index contributed by atoms with van der Waals surface area (Å²) in [5.41, 5.74) is 0.128. The molecule has 1 aromatic rings. The second kappa shape index (κ2) is 8.96. The molecule has 0 aromatic heterocycles. The van der Waals surface area contributed by atoms with Gasteiger partial charge in [0.1, 0.15) is 11.6 Å². The van der Waals surface area contributed by atoms with Crippen LogP contribution in [0.5, 0.6) is 0 Å². The second-order valence-electron chi connectivity index (χ2n) is 4.72. The van der Waals surface area contributed by atoms with E-state index in [9.17, 15) is 18.4 Å². The van der Waals surface area contributed by atoms with Crippen molar-refractivity contribution in [3.05, 3.63) is 35.4 Å². The molecule has 0 heterocycles. The zero-order valence-corrected chi connectivity index (χ0v) is 12.6. The summed E-state index contributed by atoms with van der Waals surface area (Å²) in [5, 5.41) is 5.12. The number of amides is 2. The lowest BCUT2D eigenvalue weighted by atomic mass is 10.0. The van der Waals surface area contributed by atoms with Gasteiger partial charge in [-0.2, -0.15) is 0 Å². The first-order chi connectivity index (χ1) is 10.5. The third kappa shape index (κ3) is 5.67. The van der Waals surface area contributed by atoms with Gasteiger partial charge in [-0.15, -0.1) is 0 Å². The molecule has 0 spiro atoms. The zero-order chi connectivity index (χ0) is 16.5. The fourth-order valence-electron chi connectivity index (χ4n) is 1.96. The highest BCUT2D eigenvalue weighted by atomic mass is 19.1. The number of alkyl carbamates (subject to hydrolysis) is 1. The third-order valence-corrected chi connectivity index (χ3v) is 3.11. The van der Waals surface area contributed by atoms with Crippen molar-refractivity contribution in [2.75, 3.05) is 13.7 Å². The Bertz CT molecular complexity index is 524. The average molecular weight is 314 g/mol. The molecule has 122 valence electrons. The van der Waals surface area contributed by atoms with Crippen molar-refractivity contribution in [2.24, 2.45) is 0 Å². The van der Waals surface area contributed by atoms with Crippen molar-refractivity contribution in [1.82, 2.24) is 10.6 Å². The van der Waals surface area contributed by atoms with Crippen LogP contribution in [0, 0.1) is 11.6 Å². The van der Waals surface area contributed by atoms with Crippen molar-refractivity contribution in [3.63, 3.8) is 0 Å². The molecule has 1 atom stereocenters. The van der Waals surface area contributed by atoms with E-state index in [-0.39, 0.29) is 17.9 Å². The highest BCUT2D eigenvalue weighted by Gasteiger charge is 2.17. The Balaban J connectivity index is 2.50. The monoisotopic (exact) mass is 314 g/mol. The molecule has 1 aromatic carbocycles. The quantitative estimate of drug-likeness (QED) is 0.760. The summed E-state index contributed by atoms with van der Waals surface area (Å²) < 4.78 is 31.3. The molecular formula is C15H20F2N2O3. The summed E-state index contributed by atoms with van der Waals surface area (Å²) >= 11 is 0. The van der Waals surface area contributed by atoms with Gasteiger partial charge in [-0.3, -0.25) is 4.79 Å². The van der Waals surface area contributed by atoms with E-state index in [1.54, 1.807) is 6.92 Å². The first-order valence-electron chi connectivity index (χ1n) is 7.04. The maximum absolute atomic E-state index is 13.7. The molecule has 0 aliphatic carbocycles. The molecule has 1 rings (SSSR count). The Morgan fingerprint density at radius 3 is 2.68 bits per heavy atom. The smallest absolute Gasteiger partial charge is 0.406 e. The fourth-order valence-corrected chi connectivity index (χ4v) is 1.96. The molecule has 22 heavy (non-hydrogen) atoms. The number of halogens is 2. The maximum Gasteiger partial charge on any atom is 0.406 e. The van der Waals surface area contributed by atoms with Gasteiger partial charge in [-0.05, 0) is 31.0 Å². The summed E-state index contributed by atoms with van der Waals surface area (Å²) in [7, 11) is 1.25. The van der Waals surface area contributed by atoms with Crippen LogP contribution in [0.1, 0.15) is 37.8 Å². The second-order valence-corrected chi connectivity index (χ2v) is 4.72. The molecule has 0 unspecified atom stereocenters. The van der Waals surface area contributed by atoms with E-state index in [1.165, 1.54) is 7.11 Å². The van der Waals surface area contributed by atoms with Crippen molar-refractivity contribution in [1.29, 1.82) is 0 Å². The Morgan fingerprint density at radius 1 is 1.32 bits per heavy atom. The molecule has 0 aliphatic heterocycles. The molecule has 7 heteroatoms.